The smallest absolute Gasteiger partial charge is 0.340 e. The van der Waals surface area contributed by atoms with Crippen LogP contribution < -0.4 is 11.1 Å². The summed E-state index contributed by atoms with van der Waals surface area (Å²) >= 11 is 0. The Balaban J connectivity index is 2.18. The molecule has 0 aliphatic heterocycles. The van der Waals surface area contributed by atoms with Crippen molar-refractivity contribution in [2.24, 2.45) is 0 Å². The van der Waals surface area contributed by atoms with Crippen LogP contribution in [0.15, 0.2) is 36.5 Å². The Morgan fingerprint density at radius 1 is 1.33 bits per heavy atom. The van der Waals surface area contributed by atoms with Crippen LogP contribution >= 0.6 is 0 Å². The zero-order valence-electron chi connectivity index (χ0n) is 12.2. The summed E-state index contributed by atoms with van der Waals surface area (Å²) in [5.41, 5.74) is 9.48. The molecule has 1 aromatic carbocycles. The zero-order chi connectivity index (χ0) is 15.2. The first-order chi connectivity index (χ1) is 10.1. The second-order valence-corrected chi connectivity index (χ2v) is 4.65. The highest BCUT2D eigenvalue weighted by atomic mass is 16.5. The number of nitrogens with one attached hydrogen (secondary N) is 1. The molecule has 0 saturated carbocycles. The highest BCUT2D eigenvalue weighted by Gasteiger charge is 2.14. The van der Waals surface area contributed by atoms with Crippen molar-refractivity contribution in [1.29, 1.82) is 0 Å². The van der Waals surface area contributed by atoms with E-state index in [-0.39, 0.29) is 5.97 Å². The van der Waals surface area contributed by atoms with Crippen molar-refractivity contribution < 1.29 is 9.53 Å². The molecule has 0 radical (unpaired) electrons. The van der Waals surface area contributed by atoms with E-state index in [1.807, 2.05) is 19.1 Å². The van der Waals surface area contributed by atoms with Crippen LogP contribution in [0.2, 0.25) is 0 Å². The quantitative estimate of drug-likeness (QED) is 0.652. The molecule has 0 unspecified atom stereocenters. The zero-order valence-corrected chi connectivity index (χ0v) is 12.2. The largest absolute Gasteiger partial charge is 0.462 e. The first-order valence-electron chi connectivity index (χ1n) is 6.82. The molecule has 1 heterocycles. The van der Waals surface area contributed by atoms with Crippen molar-refractivity contribution in [3.05, 3.63) is 53.3 Å². The van der Waals surface area contributed by atoms with Gasteiger partial charge < -0.3 is 15.8 Å². The van der Waals surface area contributed by atoms with Crippen molar-refractivity contribution in [1.82, 2.24) is 4.98 Å². The molecule has 0 amide bonds. The van der Waals surface area contributed by atoms with Crippen LogP contribution in [-0.2, 0) is 11.3 Å². The molecule has 21 heavy (non-hydrogen) atoms. The van der Waals surface area contributed by atoms with Gasteiger partial charge in [0.25, 0.3) is 0 Å². The highest BCUT2D eigenvalue weighted by Crippen LogP contribution is 2.25. The van der Waals surface area contributed by atoms with Crippen molar-refractivity contribution in [3.63, 3.8) is 0 Å². The first-order valence-corrected chi connectivity index (χ1v) is 6.82. The second-order valence-electron chi connectivity index (χ2n) is 4.65. The van der Waals surface area contributed by atoms with Crippen molar-refractivity contribution in [2.75, 3.05) is 17.7 Å². The lowest BCUT2D eigenvalue weighted by molar-refractivity contribution is 0.0527. The number of para-hydroxylation sites is 1. The van der Waals surface area contributed by atoms with Gasteiger partial charge in [0.15, 0.2) is 0 Å². The minimum absolute atomic E-state index is 0.328. The Labute approximate surface area is 124 Å². The minimum Gasteiger partial charge on any atom is -0.462 e. The average Bonchev–Trinajstić information content (AvgIpc) is 2.47. The molecule has 2 rings (SSSR count). The summed E-state index contributed by atoms with van der Waals surface area (Å²) in [6.07, 6.45) is 1.80. The summed E-state index contributed by atoms with van der Waals surface area (Å²) in [6.45, 7) is 4.57. The number of carbonyl (C=O) groups excluding carboxylic acids is 1. The van der Waals surface area contributed by atoms with E-state index in [1.165, 1.54) is 0 Å². The predicted octanol–water partition coefficient (Wildman–Crippen LogP) is 2.76. The van der Waals surface area contributed by atoms with Gasteiger partial charge in [-0.3, -0.25) is 4.98 Å². The number of benzene rings is 1. The van der Waals surface area contributed by atoms with E-state index >= 15 is 0 Å². The van der Waals surface area contributed by atoms with Gasteiger partial charge in [-0.05, 0) is 37.6 Å². The number of esters is 1. The molecule has 0 aliphatic rings. The molecular weight excluding hydrogens is 266 g/mol. The Kier molecular flexibility index (Phi) is 4.77. The number of aromatic nitrogens is 1. The second kappa shape index (κ2) is 6.74. The number of hydrogen-bond donors (Lipinski definition) is 2. The van der Waals surface area contributed by atoms with Crippen molar-refractivity contribution in [3.8, 4) is 0 Å². The van der Waals surface area contributed by atoms with E-state index in [1.54, 1.807) is 31.3 Å². The molecule has 0 atom stereocenters. The SMILES string of the molecule is CCOC(=O)c1cccc(N)c1NCc1ccc(C)nc1. The van der Waals surface area contributed by atoms with Crippen LogP contribution in [0.1, 0.15) is 28.5 Å². The molecule has 2 aromatic rings. The van der Waals surface area contributed by atoms with Gasteiger partial charge in [-0.15, -0.1) is 0 Å². The number of nitrogens with two attached hydrogens (primary N) is 1. The lowest BCUT2D eigenvalue weighted by atomic mass is 10.1. The summed E-state index contributed by atoms with van der Waals surface area (Å²) in [7, 11) is 0. The Morgan fingerprint density at radius 2 is 2.14 bits per heavy atom. The third-order valence-corrected chi connectivity index (χ3v) is 3.03. The molecule has 0 fully saturated rings. The number of carbonyl (C=O) groups is 1. The van der Waals surface area contributed by atoms with Crippen molar-refractivity contribution in [2.45, 2.75) is 20.4 Å². The van der Waals surface area contributed by atoms with E-state index in [0.29, 0.717) is 30.1 Å². The van der Waals surface area contributed by atoms with Gasteiger partial charge in [0, 0.05) is 18.4 Å². The van der Waals surface area contributed by atoms with Crippen LogP contribution in [0, 0.1) is 6.92 Å². The maximum absolute atomic E-state index is 11.9. The topological polar surface area (TPSA) is 77.2 Å². The van der Waals surface area contributed by atoms with Gasteiger partial charge >= 0.3 is 5.97 Å². The van der Waals surface area contributed by atoms with Crippen LogP contribution in [0.25, 0.3) is 0 Å². The van der Waals surface area contributed by atoms with Gasteiger partial charge in [-0.1, -0.05) is 12.1 Å². The minimum atomic E-state index is -0.380. The summed E-state index contributed by atoms with van der Waals surface area (Å²) in [6, 6.07) is 9.11. The van der Waals surface area contributed by atoms with Gasteiger partial charge in [0.1, 0.15) is 0 Å². The van der Waals surface area contributed by atoms with Crippen molar-refractivity contribution >= 4 is 17.3 Å². The summed E-state index contributed by atoms with van der Waals surface area (Å²) < 4.78 is 5.04. The fourth-order valence-corrected chi connectivity index (χ4v) is 1.94. The summed E-state index contributed by atoms with van der Waals surface area (Å²) in [5.74, 6) is -0.380. The molecule has 110 valence electrons. The number of nitrogen functional groups attached to an aromatic ring is 1. The maximum Gasteiger partial charge on any atom is 0.340 e. The number of rotatable bonds is 5. The summed E-state index contributed by atoms with van der Waals surface area (Å²) in [4.78, 5) is 16.2. The Morgan fingerprint density at radius 3 is 2.81 bits per heavy atom. The van der Waals surface area contributed by atoms with Crippen LogP contribution in [0.4, 0.5) is 11.4 Å². The average molecular weight is 285 g/mol. The van der Waals surface area contributed by atoms with Crippen LogP contribution in [0.3, 0.4) is 0 Å². The molecule has 3 N–H and O–H groups in total. The number of nitrogens with zero attached hydrogens (tertiary/aromatic N) is 1. The lowest BCUT2D eigenvalue weighted by Gasteiger charge is -2.13. The number of anilines is 2. The monoisotopic (exact) mass is 285 g/mol. The Hall–Kier alpha value is -2.56. The molecule has 0 bridgehead atoms. The van der Waals surface area contributed by atoms with Gasteiger partial charge in [-0.2, -0.15) is 0 Å². The van der Waals surface area contributed by atoms with Gasteiger partial charge in [-0.25, -0.2) is 4.79 Å². The number of pyridine rings is 1. The van der Waals surface area contributed by atoms with E-state index in [4.69, 9.17) is 10.5 Å². The van der Waals surface area contributed by atoms with Crippen LogP contribution in [-0.4, -0.2) is 17.6 Å². The molecule has 0 aliphatic carbocycles. The normalized spacial score (nSPS) is 10.2. The standard InChI is InChI=1S/C16H19N3O2/c1-3-21-16(20)13-5-4-6-14(17)15(13)19-10-12-8-7-11(2)18-9-12/h4-9,19H,3,10,17H2,1-2H3. The van der Waals surface area contributed by atoms with E-state index < -0.39 is 0 Å². The Bertz CT molecular complexity index is 624. The predicted molar refractivity (Wildman–Crippen MR) is 83.1 cm³/mol. The van der Waals surface area contributed by atoms with Gasteiger partial charge in [0.05, 0.1) is 23.5 Å². The third kappa shape index (κ3) is 3.72. The number of hydrogen-bond acceptors (Lipinski definition) is 5. The third-order valence-electron chi connectivity index (χ3n) is 3.03. The molecule has 5 heteroatoms. The maximum atomic E-state index is 11.9. The molecule has 1 aromatic heterocycles. The lowest BCUT2D eigenvalue weighted by Crippen LogP contribution is -2.11. The highest BCUT2D eigenvalue weighted by molar-refractivity contribution is 5.98. The summed E-state index contributed by atoms with van der Waals surface area (Å²) in [5, 5.41) is 3.19. The number of ether oxygens (including phenoxy) is 1. The van der Waals surface area contributed by atoms with E-state index in [2.05, 4.69) is 10.3 Å². The van der Waals surface area contributed by atoms with E-state index in [9.17, 15) is 4.79 Å². The molecule has 0 saturated heterocycles. The van der Waals surface area contributed by atoms with Crippen LogP contribution in [0.5, 0.6) is 0 Å². The van der Waals surface area contributed by atoms with Gasteiger partial charge in [0.2, 0.25) is 0 Å². The molecular formula is C16H19N3O2. The first kappa shape index (κ1) is 14.8. The number of aryl methyl sites for hydroxylation is 1. The fourth-order valence-electron chi connectivity index (χ4n) is 1.94. The molecule has 0 spiro atoms. The van der Waals surface area contributed by atoms with E-state index in [0.717, 1.165) is 11.3 Å². The molecule has 5 nitrogen and oxygen atoms in total. The fraction of sp³-hybridized carbons (Fsp3) is 0.250.